The number of hydrogen-bond acceptors (Lipinski definition) is 4. The summed E-state index contributed by atoms with van der Waals surface area (Å²) in [5, 5.41) is 0. The topological polar surface area (TPSA) is 69.4 Å². The standard InChI is InChI=1S/C11H13NO3/c1-7(2)15-11(14)10-8(6-13)4-3-5-9(10)12/h3-7H,12H2,1-2H3. The number of esters is 1. The minimum atomic E-state index is -0.565. The summed E-state index contributed by atoms with van der Waals surface area (Å²) in [6.45, 7) is 3.47. The summed E-state index contributed by atoms with van der Waals surface area (Å²) in [6.07, 6.45) is 0.351. The van der Waals surface area contributed by atoms with Gasteiger partial charge in [-0.25, -0.2) is 4.79 Å². The summed E-state index contributed by atoms with van der Waals surface area (Å²) >= 11 is 0. The first-order valence-electron chi connectivity index (χ1n) is 4.61. The van der Waals surface area contributed by atoms with Crippen LogP contribution in [0.4, 0.5) is 5.69 Å². The molecule has 0 saturated carbocycles. The van der Waals surface area contributed by atoms with Gasteiger partial charge in [-0.2, -0.15) is 0 Å². The first-order chi connectivity index (χ1) is 7.06. The lowest BCUT2D eigenvalue weighted by molar-refractivity contribution is 0.0377. The molecular weight excluding hydrogens is 194 g/mol. The third-order valence-electron chi connectivity index (χ3n) is 1.80. The van der Waals surface area contributed by atoms with Gasteiger partial charge in [-0.15, -0.1) is 0 Å². The molecule has 0 amide bonds. The fourth-order valence-corrected chi connectivity index (χ4v) is 1.20. The predicted octanol–water partition coefficient (Wildman–Crippen LogP) is 1.65. The van der Waals surface area contributed by atoms with Crippen LogP contribution in [0.2, 0.25) is 0 Å². The van der Waals surface area contributed by atoms with Crippen LogP contribution < -0.4 is 5.73 Å². The fourth-order valence-electron chi connectivity index (χ4n) is 1.20. The summed E-state index contributed by atoms with van der Waals surface area (Å²) in [6, 6.07) is 4.70. The Morgan fingerprint density at radius 3 is 2.67 bits per heavy atom. The lowest BCUT2D eigenvalue weighted by Crippen LogP contribution is -2.15. The average molecular weight is 207 g/mol. The number of carbonyl (C=O) groups is 2. The maximum absolute atomic E-state index is 11.6. The van der Waals surface area contributed by atoms with Gasteiger partial charge < -0.3 is 10.5 Å². The van der Waals surface area contributed by atoms with Crippen molar-refractivity contribution in [2.45, 2.75) is 20.0 Å². The van der Waals surface area contributed by atoms with E-state index in [0.29, 0.717) is 6.29 Å². The lowest BCUT2D eigenvalue weighted by Gasteiger charge is -2.10. The van der Waals surface area contributed by atoms with Gasteiger partial charge in [0.2, 0.25) is 0 Å². The third-order valence-corrected chi connectivity index (χ3v) is 1.80. The van der Waals surface area contributed by atoms with Crippen molar-refractivity contribution < 1.29 is 14.3 Å². The molecule has 80 valence electrons. The van der Waals surface area contributed by atoms with Crippen LogP contribution in [0.5, 0.6) is 0 Å². The molecule has 1 rings (SSSR count). The van der Waals surface area contributed by atoms with E-state index in [1.165, 1.54) is 6.07 Å². The van der Waals surface area contributed by atoms with Gasteiger partial charge in [-0.1, -0.05) is 12.1 Å². The van der Waals surface area contributed by atoms with Crippen LogP contribution in [0.3, 0.4) is 0 Å². The van der Waals surface area contributed by atoms with Crippen LogP contribution in [-0.2, 0) is 4.74 Å². The quantitative estimate of drug-likeness (QED) is 0.464. The summed E-state index contributed by atoms with van der Waals surface area (Å²) < 4.78 is 4.98. The second kappa shape index (κ2) is 4.59. The van der Waals surface area contributed by atoms with Gasteiger partial charge in [0.25, 0.3) is 0 Å². The summed E-state index contributed by atoms with van der Waals surface area (Å²) in [7, 11) is 0. The van der Waals surface area contributed by atoms with Crippen LogP contribution in [0.1, 0.15) is 34.6 Å². The van der Waals surface area contributed by atoms with Crippen molar-refractivity contribution in [2.24, 2.45) is 0 Å². The first kappa shape index (κ1) is 11.2. The molecule has 1 aromatic carbocycles. The zero-order valence-corrected chi connectivity index (χ0v) is 8.69. The van der Waals surface area contributed by atoms with E-state index in [2.05, 4.69) is 0 Å². The Bertz CT molecular complexity index is 385. The molecule has 0 fully saturated rings. The predicted molar refractivity (Wildman–Crippen MR) is 56.8 cm³/mol. The van der Waals surface area contributed by atoms with Crippen LogP contribution in [0.25, 0.3) is 0 Å². The van der Waals surface area contributed by atoms with E-state index in [9.17, 15) is 9.59 Å². The third kappa shape index (κ3) is 2.56. The minimum Gasteiger partial charge on any atom is -0.459 e. The highest BCUT2D eigenvalue weighted by molar-refractivity contribution is 6.02. The number of nitrogens with two attached hydrogens (primary N) is 1. The van der Waals surface area contributed by atoms with Crippen LogP contribution in [0, 0.1) is 0 Å². The molecule has 0 radical (unpaired) electrons. The zero-order valence-electron chi connectivity index (χ0n) is 8.69. The van der Waals surface area contributed by atoms with Crippen molar-refractivity contribution in [1.29, 1.82) is 0 Å². The lowest BCUT2D eigenvalue weighted by atomic mass is 10.1. The Kier molecular flexibility index (Phi) is 3.44. The summed E-state index contributed by atoms with van der Waals surface area (Å²) in [5.74, 6) is -0.565. The van der Waals surface area contributed by atoms with Crippen LogP contribution in [0.15, 0.2) is 18.2 Å². The molecule has 0 atom stereocenters. The SMILES string of the molecule is CC(C)OC(=O)c1c(N)cccc1C=O. The molecule has 0 unspecified atom stereocenters. The van der Waals surface area contributed by atoms with Crippen molar-refractivity contribution >= 4 is 17.9 Å². The highest BCUT2D eigenvalue weighted by atomic mass is 16.5. The Balaban J connectivity index is 3.11. The van der Waals surface area contributed by atoms with Gasteiger partial charge in [0, 0.05) is 11.3 Å². The number of ether oxygens (including phenoxy) is 1. The molecule has 0 saturated heterocycles. The van der Waals surface area contributed by atoms with Gasteiger partial charge in [0.15, 0.2) is 6.29 Å². The van der Waals surface area contributed by atoms with Crippen molar-refractivity contribution in [2.75, 3.05) is 5.73 Å². The number of nitrogen functional groups attached to an aromatic ring is 1. The summed E-state index contributed by atoms with van der Waals surface area (Å²) in [4.78, 5) is 22.3. The van der Waals surface area contributed by atoms with E-state index in [4.69, 9.17) is 10.5 Å². The molecule has 2 N–H and O–H groups in total. The highest BCUT2D eigenvalue weighted by Crippen LogP contribution is 2.17. The van der Waals surface area contributed by atoms with Gasteiger partial charge in [0.1, 0.15) is 0 Å². The maximum Gasteiger partial charge on any atom is 0.341 e. The first-order valence-corrected chi connectivity index (χ1v) is 4.61. The van der Waals surface area contributed by atoms with E-state index in [1.54, 1.807) is 26.0 Å². The smallest absolute Gasteiger partial charge is 0.341 e. The normalized spacial score (nSPS) is 10.1. The van der Waals surface area contributed by atoms with E-state index < -0.39 is 5.97 Å². The second-order valence-corrected chi connectivity index (χ2v) is 3.38. The van der Waals surface area contributed by atoms with Crippen molar-refractivity contribution in [3.05, 3.63) is 29.3 Å². The van der Waals surface area contributed by atoms with E-state index >= 15 is 0 Å². The molecule has 0 bridgehead atoms. The fraction of sp³-hybridized carbons (Fsp3) is 0.273. The molecule has 15 heavy (non-hydrogen) atoms. The number of hydrogen-bond donors (Lipinski definition) is 1. The molecule has 0 aromatic heterocycles. The Hall–Kier alpha value is -1.84. The van der Waals surface area contributed by atoms with E-state index in [1.807, 2.05) is 0 Å². The Morgan fingerprint density at radius 1 is 1.47 bits per heavy atom. The minimum absolute atomic E-state index is 0.140. The number of carbonyl (C=O) groups excluding carboxylic acids is 2. The van der Waals surface area contributed by atoms with Crippen LogP contribution >= 0.6 is 0 Å². The van der Waals surface area contributed by atoms with Crippen LogP contribution in [-0.4, -0.2) is 18.4 Å². The molecule has 0 aliphatic rings. The van der Waals surface area contributed by atoms with Crippen molar-refractivity contribution in [3.8, 4) is 0 Å². The molecule has 4 nitrogen and oxygen atoms in total. The molecule has 0 aliphatic heterocycles. The molecule has 4 heteroatoms. The van der Waals surface area contributed by atoms with E-state index in [-0.39, 0.29) is 22.9 Å². The van der Waals surface area contributed by atoms with Gasteiger partial charge in [0.05, 0.1) is 11.7 Å². The van der Waals surface area contributed by atoms with E-state index in [0.717, 1.165) is 0 Å². The second-order valence-electron chi connectivity index (χ2n) is 3.38. The van der Waals surface area contributed by atoms with Gasteiger partial charge >= 0.3 is 5.97 Å². The molecule has 1 aromatic rings. The molecular formula is C11H13NO3. The average Bonchev–Trinajstić information content (AvgIpc) is 2.15. The highest BCUT2D eigenvalue weighted by Gasteiger charge is 2.16. The number of anilines is 1. The Morgan fingerprint density at radius 2 is 2.13 bits per heavy atom. The molecule has 0 heterocycles. The largest absolute Gasteiger partial charge is 0.459 e. The monoisotopic (exact) mass is 207 g/mol. The number of benzene rings is 1. The summed E-state index contributed by atoms with van der Waals surface area (Å²) in [5.41, 5.74) is 6.26. The van der Waals surface area contributed by atoms with Crippen molar-refractivity contribution in [1.82, 2.24) is 0 Å². The molecule has 0 spiro atoms. The van der Waals surface area contributed by atoms with Gasteiger partial charge in [-0.05, 0) is 19.9 Å². The van der Waals surface area contributed by atoms with Crippen molar-refractivity contribution in [3.63, 3.8) is 0 Å². The molecule has 0 aliphatic carbocycles. The Labute approximate surface area is 88.0 Å². The number of rotatable bonds is 3. The number of aldehydes is 1. The van der Waals surface area contributed by atoms with Gasteiger partial charge in [-0.3, -0.25) is 4.79 Å². The maximum atomic E-state index is 11.6. The zero-order chi connectivity index (χ0) is 11.4.